The normalized spacial score (nSPS) is 10.5. The molecule has 0 aliphatic heterocycles. The van der Waals surface area contributed by atoms with Gasteiger partial charge in [-0.05, 0) is 60.9 Å². The molecule has 0 bridgehead atoms. The van der Waals surface area contributed by atoms with E-state index in [0.29, 0.717) is 35.1 Å². The monoisotopic (exact) mass is 463 g/mol. The topological polar surface area (TPSA) is 106 Å². The van der Waals surface area contributed by atoms with E-state index in [-0.39, 0.29) is 5.91 Å². The average Bonchev–Trinajstić information content (AvgIpc) is 3.34. The minimum atomic E-state index is -0.345. The van der Waals surface area contributed by atoms with Crippen LogP contribution < -0.4 is 15.4 Å². The zero-order valence-corrected chi connectivity index (χ0v) is 18.9. The minimum absolute atomic E-state index is 0.345. The summed E-state index contributed by atoms with van der Waals surface area (Å²) in [6.45, 7) is 2.02. The summed E-state index contributed by atoms with van der Waals surface area (Å²) in [5, 5.41) is 11.0. The first-order valence-corrected chi connectivity index (χ1v) is 11.1. The molecule has 2 N–H and O–H groups in total. The summed E-state index contributed by atoms with van der Waals surface area (Å²) in [4.78, 5) is 24.9. The minimum Gasteiger partial charge on any atom is -0.457 e. The molecule has 0 fully saturated rings. The highest BCUT2D eigenvalue weighted by atomic mass is 16.5. The van der Waals surface area contributed by atoms with Gasteiger partial charge in [-0.2, -0.15) is 5.10 Å². The Balaban J connectivity index is 1.32. The molecule has 0 aliphatic rings. The van der Waals surface area contributed by atoms with Gasteiger partial charge in [0, 0.05) is 35.4 Å². The molecule has 0 saturated heterocycles. The number of amides is 1. The second kappa shape index (κ2) is 9.89. The summed E-state index contributed by atoms with van der Waals surface area (Å²) in [6.07, 6.45) is 6.39. The molecule has 9 heteroatoms. The maximum Gasteiger partial charge on any atom is 0.300 e. The van der Waals surface area contributed by atoms with Gasteiger partial charge in [-0.3, -0.25) is 4.79 Å². The van der Waals surface area contributed by atoms with Crippen LogP contribution in [-0.2, 0) is 4.79 Å². The molecule has 0 atom stereocenters. The van der Waals surface area contributed by atoms with Crippen molar-refractivity contribution < 1.29 is 9.53 Å². The van der Waals surface area contributed by atoms with Gasteiger partial charge < -0.3 is 15.4 Å². The number of nitrogens with one attached hydrogen (secondary N) is 2. The summed E-state index contributed by atoms with van der Waals surface area (Å²) in [6, 6.07) is 16.6. The molecule has 0 radical (unpaired) electrons. The number of nitrogens with zero attached hydrogens (tertiary/aromatic N) is 5. The smallest absolute Gasteiger partial charge is 0.300 e. The molecule has 1 amide bonds. The first kappa shape index (κ1) is 21.9. The van der Waals surface area contributed by atoms with Crippen LogP contribution >= 0.6 is 0 Å². The second-order valence-electron chi connectivity index (χ2n) is 7.64. The fourth-order valence-electron chi connectivity index (χ4n) is 3.40. The number of anilines is 3. The Hall–Kier alpha value is -4.97. The number of benzene rings is 2. The van der Waals surface area contributed by atoms with Crippen LogP contribution in [0.3, 0.4) is 0 Å². The summed E-state index contributed by atoms with van der Waals surface area (Å²) >= 11 is 0. The molecule has 5 aromatic rings. The van der Waals surface area contributed by atoms with Crippen molar-refractivity contribution >= 4 is 39.6 Å². The van der Waals surface area contributed by atoms with Crippen LogP contribution in [0.1, 0.15) is 19.8 Å². The Morgan fingerprint density at radius 3 is 2.69 bits per heavy atom. The lowest BCUT2D eigenvalue weighted by Crippen LogP contribution is -2.08. The number of fused-ring (bicyclic) bond motifs is 2. The largest absolute Gasteiger partial charge is 0.457 e. The van der Waals surface area contributed by atoms with Crippen molar-refractivity contribution in [3.63, 3.8) is 0 Å². The predicted octanol–water partition coefficient (Wildman–Crippen LogP) is 4.95. The van der Waals surface area contributed by atoms with Crippen molar-refractivity contribution in [3.05, 3.63) is 73.4 Å². The number of carbonyl (C=O) groups is 1. The van der Waals surface area contributed by atoms with E-state index in [1.807, 2.05) is 55.5 Å². The molecule has 0 saturated carbocycles. The molecular weight excluding hydrogens is 442 g/mol. The van der Waals surface area contributed by atoms with Crippen molar-refractivity contribution in [2.45, 2.75) is 19.8 Å². The standard InChI is InChI=1S/C26H21N7O2/c1-2-3-4-5-25(34)31-19-8-11-23-22(14-19)26(29-16-27-23)32-18-6-9-20(10-7-18)35-21-12-13-33-24(15-21)28-17-30-33/h6-17H,2-3H2,1H3,(H,31,34)(H,27,29,32). The molecule has 0 spiro atoms. The van der Waals surface area contributed by atoms with Crippen molar-refractivity contribution in [3.8, 4) is 23.3 Å². The van der Waals surface area contributed by atoms with Gasteiger partial charge in [0.05, 0.1) is 5.52 Å². The fraction of sp³-hybridized carbons (Fsp3) is 0.115. The maximum absolute atomic E-state index is 12.1. The van der Waals surface area contributed by atoms with E-state index in [0.717, 1.165) is 23.0 Å². The molecule has 3 aromatic heterocycles. The number of hydrogen-bond donors (Lipinski definition) is 2. The number of carbonyl (C=O) groups excluding carboxylic acids is 1. The van der Waals surface area contributed by atoms with E-state index in [1.54, 1.807) is 16.8 Å². The van der Waals surface area contributed by atoms with E-state index in [9.17, 15) is 4.79 Å². The zero-order valence-electron chi connectivity index (χ0n) is 18.9. The van der Waals surface area contributed by atoms with Crippen LogP contribution in [0.5, 0.6) is 11.5 Å². The van der Waals surface area contributed by atoms with Crippen LogP contribution in [0.4, 0.5) is 17.2 Å². The Bertz CT molecular complexity index is 1570. The number of ether oxygens (including phenoxy) is 1. The maximum atomic E-state index is 12.1. The highest BCUT2D eigenvalue weighted by molar-refractivity contribution is 6.05. The average molecular weight is 464 g/mol. The third-order valence-corrected chi connectivity index (χ3v) is 5.08. The lowest BCUT2D eigenvalue weighted by molar-refractivity contribution is -0.111. The highest BCUT2D eigenvalue weighted by Crippen LogP contribution is 2.28. The molecule has 2 aromatic carbocycles. The number of aromatic nitrogens is 5. The SMILES string of the molecule is CCCC#CC(=O)Nc1ccc2ncnc(Nc3ccc(Oc4ccn5ncnc5c4)cc3)c2c1. The Morgan fingerprint density at radius 1 is 0.971 bits per heavy atom. The highest BCUT2D eigenvalue weighted by Gasteiger charge is 2.08. The predicted molar refractivity (Wildman–Crippen MR) is 134 cm³/mol. The lowest BCUT2D eigenvalue weighted by Gasteiger charge is -2.11. The van der Waals surface area contributed by atoms with Gasteiger partial charge in [0.2, 0.25) is 0 Å². The number of hydrogen-bond acceptors (Lipinski definition) is 7. The fourth-order valence-corrected chi connectivity index (χ4v) is 3.40. The number of unbranched alkanes of at least 4 members (excludes halogenated alkanes) is 1. The first-order chi connectivity index (χ1) is 17.2. The molecular formula is C26H21N7O2. The van der Waals surface area contributed by atoms with Gasteiger partial charge in [-0.1, -0.05) is 12.8 Å². The van der Waals surface area contributed by atoms with Crippen LogP contribution in [0.2, 0.25) is 0 Å². The van der Waals surface area contributed by atoms with Crippen molar-refractivity contribution in [2.24, 2.45) is 0 Å². The Labute approximate surface area is 201 Å². The Kier molecular flexibility index (Phi) is 6.17. The van der Waals surface area contributed by atoms with E-state index >= 15 is 0 Å². The van der Waals surface area contributed by atoms with Crippen LogP contribution in [0.15, 0.2) is 73.4 Å². The number of rotatable bonds is 6. The van der Waals surface area contributed by atoms with Gasteiger partial charge in [0.15, 0.2) is 5.65 Å². The molecule has 0 aliphatic carbocycles. The third kappa shape index (κ3) is 5.17. The van der Waals surface area contributed by atoms with E-state index in [4.69, 9.17) is 4.74 Å². The van der Waals surface area contributed by atoms with Gasteiger partial charge in [0.1, 0.15) is 30.0 Å². The molecule has 172 valence electrons. The van der Waals surface area contributed by atoms with Crippen molar-refractivity contribution in [2.75, 3.05) is 10.6 Å². The van der Waals surface area contributed by atoms with E-state index in [1.165, 1.54) is 12.7 Å². The molecule has 9 nitrogen and oxygen atoms in total. The molecule has 35 heavy (non-hydrogen) atoms. The van der Waals surface area contributed by atoms with Gasteiger partial charge >= 0.3 is 0 Å². The quantitative estimate of drug-likeness (QED) is 0.343. The van der Waals surface area contributed by atoms with Crippen molar-refractivity contribution in [1.82, 2.24) is 24.6 Å². The third-order valence-electron chi connectivity index (χ3n) is 5.08. The molecule has 0 unspecified atom stereocenters. The van der Waals surface area contributed by atoms with Gasteiger partial charge in [0.25, 0.3) is 5.91 Å². The summed E-state index contributed by atoms with van der Waals surface area (Å²) in [5.74, 6) is 7.07. The van der Waals surface area contributed by atoms with Gasteiger partial charge in [-0.15, -0.1) is 0 Å². The van der Waals surface area contributed by atoms with Gasteiger partial charge in [-0.25, -0.2) is 19.5 Å². The summed E-state index contributed by atoms with van der Waals surface area (Å²) < 4.78 is 7.60. The van der Waals surface area contributed by atoms with Crippen LogP contribution in [0.25, 0.3) is 16.6 Å². The lowest BCUT2D eigenvalue weighted by atomic mass is 10.2. The second-order valence-corrected chi connectivity index (χ2v) is 7.64. The summed E-state index contributed by atoms with van der Waals surface area (Å²) in [7, 11) is 0. The van der Waals surface area contributed by atoms with Crippen LogP contribution in [-0.4, -0.2) is 30.5 Å². The van der Waals surface area contributed by atoms with Crippen molar-refractivity contribution in [1.29, 1.82) is 0 Å². The molecule has 3 heterocycles. The van der Waals surface area contributed by atoms with E-state index in [2.05, 4.69) is 42.5 Å². The number of pyridine rings is 1. The first-order valence-electron chi connectivity index (χ1n) is 11.1. The van der Waals surface area contributed by atoms with E-state index < -0.39 is 0 Å². The summed E-state index contributed by atoms with van der Waals surface area (Å²) in [5.41, 5.74) is 2.91. The Morgan fingerprint density at radius 2 is 1.83 bits per heavy atom. The van der Waals surface area contributed by atoms with Crippen LogP contribution in [0, 0.1) is 11.8 Å². The molecule has 5 rings (SSSR count). The zero-order chi connectivity index (χ0) is 24.0.